The van der Waals surface area contributed by atoms with Crippen LogP contribution in [0.4, 0.5) is 0 Å². The molecule has 0 fully saturated rings. The first-order valence-electron chi connectivity index (χ1n) is 17.3. The predicted molar refractivity (Wildman–Crippen MR) is 173 cm³/mol. The molecule has 0 amide bonds. The van der Waals surface area contributed by atoms with E-state index < -0.39 is 12.2 Å². The second-order valence-corrected chi connectivity index (χ2v) is 12.8. The molecule has 0 aromatic heterocycles. The van der Waals surface area contributed by atoms with E-state index >= 15 is 0 Å². The third-order valence-electron chi connectivity index (χ3n) is 7.53. The van der Waals surface area contributed by atoms with Gasteiger partial charge >= 0.3 is 0 Å². The minimum absolute atomic E-state index is 0.399. The summed E-state index contributed by atoms with van der Waals surface area (Å²) >= 11 is 1.58. The number of rotatable bonds is 34. The zero-order valence-corrected chi connectivity index (χ0v) is 27.3. The number of ether oxygens (including phenoxy) is 2. The lowest BCUT2D eigenvalue weighted by atomic mass is 10.1. The minimum Gasteiger partial charge on any atom is -0.390 e. The van der Waals surface area contributed by atoms with Crippen LogP contribution >= 0.6 is 11.8 Å². The van der Waals surface area contributed by atoms with E-state index in [-0.39, 0.29) is 0 Å². The lowest BCUT2D eigenvalue weighted by molar-refractivity contribution is 0.0442. The first-order chi connectivity index (χ1) is 19.2. The van der Waals surface area contributed by atoms with Crippen LogP contribution in [0.2, 0.25) is 0 Å². The van der Waals surface area contributed by atoms with E-state index in [1.165, 1.54) is 141 Å². The van der Waals surface area contributed by atoms with Gasteiger partial charge in [0, 0.05) is 24.7 Å². The molecule has 0 aliphatic rings. The van der Waals surface area contributed by atoms with Gasteiger partial charge in [-0.1, -0.05) is 155 Å². The van der Waals surface area contributed by atoms with Gasteiger partial charge in [0.25, 0.3) is 0 Å². The molecule has 0 rings (SSSR count). The number of unbranched alkanes of at least 4 members (excludes halogenated alkanes) is 22. The average molecular weight is 575 g/mol. The SMILES string of the molecule is CCCCCCCCCCCCCCOCC(O)CSCC(O)COCCCCCCCCCCCCCC. The first kappa shape index (κ1) is 39.2. The summed E-state index contributed by atoms with van der Waals surface area (Å²) in [5, 5.41) is 20.2. The lowest BCUT2D eigenvalue weighted by Crippen LogP contribution is -2.22. The molecule has 0 aliphatic carbocycles. The van der Waals surface area contributed by atoms with Crippen LogP contribution in [-0.2, 0) is 9.47 Å². The van der Waals surface area contributed by atoms with Gasteiger partial charge in [0.2, 0.25) is 0 Å². The van der Waals surface area contributed by atoms with Crippen LogP contribution in [0.3, 0.4) is 0 Å². The highest BCUT2D eigenvalue weighted by Gasteiger charge is 2.09. The minimum atomic E-state index is -0.457. The molecule has 5 heteroatoms. The summed E-state index contributed by atoms with van der Waals surface area (Å²) in [5.41, 5.74) is 0. The molecule has 236 valence electrons. The van der Waals surface area contributed by atoms with Gasteiger partial charge in [0.15, 0.2) is 0 Å². The molecule has 0 radical (unpaired) electrons. The quantitative estimate of drug-likeness (QED) is 0.0749. The van der Waals surface area contributed by atoms with Crippen LogP contribution in [0.5, 0.6) is 0 Å². The van der Waals surface area contributed by atoms with Crippen LogP contribution < -0.4 is 0 Å². The Morgan fingerprint density at radius 1 is 0.410 bits per heavy atom. The monoisotopic (exact) mass is 574 g/mol. The van der Waals surface area contributed by atoms with E-state index in [1.54, 1.807) is 11.8 Å². The third-order valence-corrected chi connectivity index (χ3v) is 8.77. The maximum Gasteiger partial charge on any atom is 0.0863 e. The van der Waals surface area contributed by atoms with Crippen molar-refractivity contribution in [3.8, 4) is 0 Å². The Kier molecular flexibility index (Phi) is 34.6. The maximum atomic E-state index is 10.1. The molecular formula is C34H70O4S. The summed E-state index contributed by atoms with van der Waals surface area (Å²) < 4.78 is 11.3. The average Bonchev–Trinajstić information content (AvgIpc) is 2.93. The Hall–Kier alpha value is 0.190. The molecule has 0 bridgehead atoms. The van der Waals surface area contributed by atoms with Crippen LogP contribution in [0.15, 0.2) is 0 Å². The molecule has 4 nitrogen and oxygen atoms in total. The standard InChI is InChI=1S/C34H70O4S/c1-3-5-7-9-11-13-15-17-19-21-23-25-27-37-29-33(35)31-39-32-34(36)30-38-28-26-24-22-20-18-16-14-12-10-8-6-4-2/h33-36H,3-32H2,1-2H3. The smallest absolute Gasteiger partial charge is 0.0863 e. The predicted octanol–water partition coefficient (Wildman–Crippen LogP) is 9.88. The largest absolute Gasteiger partial charge is 0.390 e. The normalized spacial score (nSPS) is 13.2. The maximum absolute atomic E-state index is 10.1. The fraction of sp³-hybridized carbons (Fsp3) is 1.00. The molecule has 0 saturated carbocycles. The van der Waals surface area contributed by atoms with Gasteiger partial charge in [0.1, 0.15) is 0 Å². The number of hydrogen-bond donors (Lipinski definition) is 2. The zero-order chi connectivity index (χ0) is 28.5. The van der Waals surface area contributed by atoms with Crippen molar-refractivity contribution in [1.29, 1.82) is 0 Å². The van der Waals surface area contributed by atoms with Gasteiger partial charge < -0.3 is 19.7 Å². The van der Waals surface area contributed by atoms with Crippen molar-refractivity contribution in [2.45, 2.75) is 180 Å². The molecule has 0 aliphatic heterocycles. The van der Waals surface area contributed by atoms with Crippen LogP contribution in [0, 0.1) is 0 Å². The molecule has 0 heterocycles. The van der Waals surface area contributed by atoms with E-state index in [4.69, 9.17) is 9.47 Å². The van der Waals surface area contributed by atoms with E-state index in [2.05, 4.69) is 13.8 Å². The van der Waals surface area contributed by atoms with Gasteiger partial charge in [-0.05, 0) is 12.8 Å². The lowest BCUT2D eigenvalue weighted by Gasteiger charge is -2.14. The molecule has 0 spiro atoms. The number of aliphatic hydroxyl groups excluding tert-OH is 2. The topological polar surface area (TPSA) is 58.9 Å². The third kappa shape index (κ3) is 34.3. The second kappa shape index (κ2) is 34.4. The first-order valence-corrected chi connectivity index (χ1v) is 18.5. The Morgan fingerprint density at radius 2 is 0.667 bits per heavy atom. The van der Waals surface area contributed by atoms with E-state index in [0.29, 0.717) is 24.7 Å². The Labute approximate surface area is 249 Å². The fourth-order valence-corrected chi connectivity index (χ4v) is 5.84. The summed E-state index contributed by atoms with van der Waals surface area (Å²) in [5.74, 6) is 1.21. The van der Waals surface area contributed by atoms with E-state index in [9.17, 15) is 10.2 Å². The highest BCUT2D eigenvalue weighted by molar-refractivity contribution is 7.99. The van der Waals surface area contributed by atoms with Gasteiger partial charge in [-0.3, -0.25) is 0 Å². The number of hydrogen-bond acceptors (Lipinski definition) is 5. The van der Waals surface area contributed by atoms with Crippen molar-refractivity contribution in [2.75, 3.05) is 37.9 Å². The molecule has 2 N–H and O–H groups in total. The highest BCUT2D eigenvalue weighted by Crippen LogP contribution is 2.13. The van der Waals surface area contributed by atoms with E-state index in [0.717, 1.165) is 26.1 Å². The van der Waals surface area contributed by atoms with Crippen LogP contribution in [-0.4, -0.2) is 60.4 Å². The molecular weight excluding hydrogens is 504 g/mol. The molecule has 39 heavy (non-hydrogen) atoms. The second-order valence-electron chi connectivity index (χ2n) is 11.8. The van der Waals surface area contributed by atoms with Crippen LogP contribution in [0.25, 0.3) is 0 Å². The number of thioether (sulfide) groups is 1. The fourth-order valence-electron chi connectivity index (χ4n) is 4.97. The molecule has 0 aromatic carbocycles. The van der Waals surface area contributed by atoms with Crippen molar-refractivity contribution in [1.82, 2.24) is 0 Å². The Bertz CT molecular complexity index is 399. The van der Waals surface area contributed by atoms with Crippen molar-refractivity contribution in [3.63, 3.8) is 0 Å². The zero-order valence-electron chi connectivity index (χ0n) is 26.5. The highest BCUT2D eigenvalue weighted by atomic mass is 32.2. The van der Waals surface area contributed by atoms with Gasteiger partial charge in [-0.25, -0.2) is 0 Å². The molecule has 0 saturated heterocycles. The van der Waals surface area contributed by atoms with Crippen molar-refractivity contribution in [2.24, 2.45) is 0 Å². The summed E-state index contributed by atoms with van der Waals surface area (Å²) in [6.45, 7) is 6.84. The molecule has 2 unspecified atom stereocenters. The molecule has 0 aromatic rings. The summed E-state index contributed by atoms with van der Waals surface area (Å²) in [6, 6.07) is 0. The van der Waals surface area contributed by atoms with Gasteiger partial charge in [-0.2, -0.15) is 11.8 Å². The van der Waals surface area contributed by atoms with Crippen molar-refractivity contribution >= 4 is 11.8 Å². The Balaban J connectivity index is 3.26. The summed E-state index contributed by atoms with van der Waals surface area (Å²) in [6.07, 6.45) is 31.4. The van der Waals surface area contributed by atoms with Crippen molar-refractivity contribution < 1.29 is 19.7 Å². The van der Waals surface area contributed by atoms with Crippen molar-refractivity contribution in [3.05, 3.63) is 0 Å². The van der Waals surface area contributed by atoms with Gasteiger partial charge in [0.05, 0.1) is 25.4 Å². The van der Waals surface area contributed by atoms with Gasteiger partial charge in [-0.15, -0.1) is 0 Å². The summed E-state index contributed by atoms with van der Waals surface area (Å²) in [4.78, 5) is 0. The summed E-state index contributed by atoms with van der Waals surface area (Å²) in [7, 11) is 0. The molecule has 2 atom stereocenters. The number of aliphatic hydroxyl groups is 2. The van der Waals surface area contributed by atoms with E-state index in [1.807, 2.05) is 0 Å². The van der Waals surface area contributed by atoms with Crippen LogP contribution in [0.1, 0.15) is 168 Å². The Morgan fingerprint density at radius 3 is 0.949 bits per heavy atom.